The van der Waals surface area contributed by atoms with Gasteiger partial charge in [0.05, 0.1) is 5.03 Å². The molecule has 10 heteroatoms. The van der Waals surface area contributed by atoms with Gasteiger partial charge in [0.2, 0.25) is 11.4 Å². The van der Waals surface area contributed by atoms with Crippen LogP contribution in [-0.2, 0) is 10.5 Å². The predicted octanol–water partition coefficient (Wildman–Crippen LogP) is 6.40. The zero-order valence-corrected chi connectivity index (χ0v) is 20.5. The zero-order chi connectivity index (χ0) is 25.4. The Morgan fingerprint density at radius 1 is 0.971 bits per heavy atom. The molecule has 4 rings (SSSR count). The van der Waals surface area contributed by atoms with Crippen molar-refractivity contribution in [2.24, 2.45) is 0 Å². The molecule has 3 aromatic carbocycles. The van der Waals surface area contributed by atoms with Gasteiger partial charge in [0.15, 0.2) is 0 Å². The van der Waals surface area contributed by atoms with Gasteiger partial charge in [-0.25, -0.2) is 4.39 Å². The number of ketones is 1. The molecule has 1 aliphatic heterocycles. The molecule has 1 unspecified atom stereocenters. The number of thioether (sulfide) groups is 1. The first-order valence-corrected chi connectivity index (χ1v) is 12.2. The highest BCUT2D eigenvalue weighted by molar-refractivity contribution is 9.10. The Labute approximate surface area is 211 Å². The molecule has 3 aromatic rings. The number of amides is 1. The summed E-state index contributed by atoms with van der Waals surface area (Å²) in [7, 11) is 0. The number of carbonyl (C=O) groups excluding carboxylic acids is 2. The summed E-state index contributed by atoms with van der Waals surface area (Å²) in [6.07, 6.45) is -3.58. The molecule has 1 atom stereocenters. The Hall–Kier alpha value is -3.11. The van der Waals surface area contributed by atoms with Crippen LogP contribution in [0.5, 0.6) is 0 Å². The molecular weight excluding hydrogens is 548 g/mol. The zero-order valence-electron chi connectivity index (χ0n) is 18.1. The second-order valence-electron chi connectivity index (χ2n) is 7.56. The molecule has 4 nitrogen and oxygen atoms in total. The minimum Gasteiger partial charge on any atom is -0.317 e. The van der Waals surface area contributed by atoms with Crippen LogP contribution in [0.4, 0.5) is 23.2 Å². The number of hydrogen-bond acceptors (Lipinski definition) is 4. The minimum atomic E-state index is -5.07. The van der Waals surface area contributed by atoms with Crippen molar-refractivity contribution >= 4 is 45.1 Å². The quantitative estimate of drug-likeness (QED) is 0.221. The first kappa shape index (κ1) is 25.0. The summed E-state index contributed by atoms with van der Waals surface area (Å²) in [6.45, 7) is 0. The molecule has 0 saturated heterocycles. The van der Waals surface area contributed by atoms with Crippen LogP contribution >= 0.6 is 27.7 Å². The summed E-state index contributed by atoms with van der Waals surface area (Å²) >= 11 is 4.11. The van der Waals surface area contributed by atoms with Gasteiger partial charge in [0.1, 0.15) is 11.4 Å². The Bertz CT molecular complexity index is 1300. The molecule has 1 aliphatic rings. The number of halogens is 5. The molecule has 1 N–H and O–H groups in total. The maximum absolute atomic E-state index is 15.0. The van der Waals surface area contributed by atoms with Crippen molar-refractivity contribution in [2.75, 3.05) is 11.2 Å². The van der Waals surface area contributed by atoms with E-state index in [1.165, 1.54) is 30.5 Å². The molecule has 35 heavy (non-hydrogen) atoms. The van der Waals surface area contributed by atoms with Crippen molar-refractivity contribution in [3.63, 3.8) is 0 Å². The van der Waals surface area contributed by atoms with Crippen LogP contribution in [0.1, 0.15) is 15.9 Å². The Kier molecular flexibility index (Phi) is 6.79. The van der Waals surface area contributed by atoms with E-state index in [-0.39, 0.29) is 16.3 Å². The summed E-state index contributed by atoms with van der Waals surface area (Å²) in [5.41, 5.74) is -3.71. The molecule has 0 aromatic heterocycles. The van der Waals surface area contributed by atoms with Gasteiger partial charge >= 0.3 is 6.18 Å². The molecule has 0 saturated carbocycles. The van der Waals surface area contributed by atoms with Crippen molar-refractivity contribution in [3.8, 4) is 0 Å². The van der Waals surface area contributed by atoms with Crippen LogP contribution in [0.25, 0.3) is 0 Å². The number of rotatable bonds is 5. The minimum absolute atomic E-state index is 0.0830. The number of benzene rings is 3. The van der Waals surface area contributed by atoms with Crippen molar-refractivity contribution in [2.45, 2.75) is 11.8 Å². The largest absolute Gasteiger partial charge is 0.435 e. The predicted molar refractivity (Wildman–Crippen MR) is 130 cm³/mol. The lowest BCUT2D eigenvalue weighted by Crippen LogP contribution is -2.69. The fourth-order valence-corrected chi connectivity index (χ4v) is 5.00. The van der Waals surface area contributed by atoms with E-state index < -0.39 is 40.5 Å². The van der Waals surface area contributed by atoms with Gasteiger partial charge in [-0.2, -0.15) is 13.2 Å². The van der Waals surface area contributed by atoms with Gasteiger partial charge in [-0.05, 0) is 54.8 Å². The van der Waals surface area contributed by atoms with Crippen molar-refractivity contribution in [3.05, 3.63) is 111 Å². The molecule has 0 spiro atoms. The van der Waals surface area contributed by atoms with E-state index in [2.05, 4.69) is 21.2 Å². The number of alkyl halides is 3. The summed E-state index contributed by atoms with van der Waals surface area (Å²) in [4.78, 5) is 27.6. The fraction of sp³-hybridized carbons (Fsp3) is 0.120. The van der Waals surface area contributed by atoms with Gasteiger partial charge in [-0.1, -0.05) is 46.3 Å². The number of carbonyl (C=O) groups is 2. The van der Waals surface area contributed by atoms with E-state index in [9.17, 15) is 14.0 Å². The molecular formula is C25H17BrF4N2O2S. The normalized spacial score (nSPS) is 18.5. The maximum Gasteiger partial charge on any atom is 0.435 e. The second kappa shape index (κ2) is 9.50. The Balaban J connectivity index is 2.05. The average Bonchev–Trinajstić information content (AvgIpc) is 2.83. The smallest absolute Gasteiger partial charge is 0.317 e. The van der Waals surface area contributed by atoms with Gasteiger partial charge in [-0.3, -0.25) is 14.5 Å². The van der Waals surface area contributed by atoms with Gasteiger partial charge < -0.3 is 5.32 Å². The van der Waals surface area contributed by atoms with E-state index >= 15 is 13.2 Å². The van der Waals surface area contributed by atoms with Crippen LogP contribution < -0.4 is 10.2 Å². The second-order valence-corrected chi connectivity index (χ2v) is 9.27. The van der Waals surface area contributed by atoms with Crippen molar-refractivity contribution in [1.82, 2.24) is 5.32 Å². The average molecular weight is 565 g/mol. The molecule has 180 valence electrons. The third kappa shape index (κ3) is 4.36. The third-order valence-corrected chi connectivity index (χ3v) is 6.79. The van der Waals surface area contributed by atoms with Crippen LogP contribution in [0.15, 0.2) is 93.9 Å². The topological polar surface area (TPSA) is 49.4 Å². The molecule has 0 fully saturated rings. The highest BCUT2D eigenvalue weighted by Gasteiger charge is 2.65. The van der Waals surface area contributed by atoms with E-state index in [4.69, 9.17) is 0 Å². The Morgan fingerprint density at radius 3 is 2.11 bits per heavy atom. The number of Topliss-reactive ketones (excluding diaryl/α,β-unsaturated/α-hetero) is 1. The summed E-state index contributed by atoms with van der Waals surface area (Å²) in [6, 6.07) is 17.5. The standard InChI is InChI=1S/C25H17BrF4N2O2S/c1-35-23-20(21(33)15-7-11-17(26)12-8-15)22(34)31-24(25(28,29)30,16-9-13-18(27)14-10-16)32(23)19-5-3-2-4-6-19/h2-14H,1H3,(H,31,34). The molecule has 1 heterocycles. The van der Waals surface area contributed by atoms with Crippen LogP contribution in [0.2, 0.25) is 0 Å². The van der Waals surface area contributed by atoms with Crippen LogP contribution in [0, 0.1) is 5.82 Å². The maximum atomic E-state index is 15.0. The SMILES string of the molecule is CSC1=C(C(=O)c2ccc(Br)cc2)C(=O)NC(c2ccc(F)cc2)(C(F)(F)F)N1c1ccccc1. The van der Waals surface area contributed by atoms with Gasteiger partial charge in [-0.15, -0.1) is 11.8 Å². The van der Waals surface area contributed by atoms with Gasteiger partial charge in [0, 0.05) is 21.3 Å². The van der Waals surface area contributed by atoms with Gasteiger partial charge in [0.25, 0.3) is 5.91 Å². The van der Waals surface area contributed by atoms with Crippen LogP contribution in [0.3, 0.4) is 0 Å². The lowest BCUT2D eigenvalue weighted by atomic mass is 9.91. The van der Waals surface area contributed by atoms with E-state index in [1.54, 1.807) is 30.3 Å². The number of nitrogens with one attached hydrogen (secondary N) is 1. The number of nitrogens with zero attached hydrogens (tertiary/aromatic N) is 1. The van der Waals surface area contributed by atoms with Crippen LogP contribution in [-0.4, -0.2) is 24.1 Å². The van der Waals surface area contributed by atoms with E-state index in [0.29, 0.717) is 4.47 Å². The van der Waals surface area contributed by atoms with E-state index in [0.717, 1.165) is 40.9 Å². The monoisotopic (exact) mass is 564 g/mol. The Morgan fingerprint density at radius 2 is 1.57 bits per heavy atom. The highest BCUT2D eigenvalue weighted by Crippen LogP contribution is 2.50. The van der Waals surface area contributed by atoms with Crippen molar-refractivity contribution in [1.29, 1.82) is 0 Å². The third-order valence-electron chi connectivity index (χ3n) is 5.49. The van der Waals surface area contributed by atoms with E-state index in [1.807, 2.05) is 0 Å². The summed E-state index contributed by atoms with van der Waals surface area (Å²) < 4.78 is 59.4. The fourth-order valence-electron chi connectivity index (χ4n) is 3.92. The molecule has 0 bridgehead atoms. The molecule has 0 radical (unpaired) electrons. The first-order chi connectivity index (χ1) is 16.6. The lowest BCUT2D eigenvalue weighted by Gasteiger charge is -2.50. The summed E-state index contributed by atoms with van der Waals surface area (Å²) in [5, 5.41) is 1.88. The number of para-hydroxylation sites is 1. The number of anilines is 1. The lowest BCUT2D eigenvalue weighted by molar-refractivity contribution is -0.201. The first-order valence-electron chi connectivity index (χ1n) is 10.2. The molecule has 1 amide bonds. The number of hydrogen-bond donors (Lipinski definition) is 1. The van der Waals surface area contributed by atoms with Crippen molar-refractivity contribution < 1.29 is 27.2 Å². The summed E-state index contributed by atoms with van der Waals surface area (Å²) in [5.74, 6) is -2.64. The highest BCUT2D eigenvalue weighted by atomic mass is 79.9. The molecule has 0 aliphatic carbocycles.